The maximum absolute atomic E-state index is 13.0. The van der Waals surface area contributed by atoms with Crippen molar-refractivity contribution in [2.24, 2.45) is 0 Å². The number of halogens is 1. The minimum Gasteiger partial charge on any atom is -0.354 e. The molecule has 4 rings (SSSR count). The molecular weight excluding hydrogens is 412 g/mol. The summed E-state index contributed by atoms with van der Waals surface area (Å²) in [5.41, 5.74) is 0.850. The number of sulfonamides is 1. The largest absolute Gasteiger partial charge is 0.354 e. The molecule has 0 aliphatic carbocycles. The van der Waals surface area contributed by atoms with Gasteiger partial charge in [0.25, 0.3) is 0 Å². The first kappa shape index (κ1) is 19.8. The summed E-state index contributed by atoms with van der Waals surface area (Å²) < 4.78 is 29.3. The van der Waals surface area contributed by atoms with Crippen LogP contribution < -0.4 is 4.90 Å². The number of piperazine rings is 1. The topological polar surface area (TPSA) is 84.2 Å². The smallest absolute Gasteiger partial charge is 0.243 e. The molecule has 0 N–H and O–H groups in total. The molecule has 8 nitrogen and oxygen atoms in total. The lowest BCUT2D eigenvalue weighted by atomic mass is 10.2. The predicted octanol–water partition coefficient (Wildman–Crippen LogP) is 2.44. The molecule has 3 aromatic rings. The van der Waals surface area contributed by atoms with Crippen molar-refractivity contribution in [3.8, 4) is 5.82 Å². The lowest BCUT2D eigenvalue weighted by molar-refractivity contribution is 0.383. The van der Waals surface area contributed by atoms with Crippen LogP contribution in [0.2, 0.25) is 5.02 Å². The zero-order valence-electron chi connectivity index (χ0n) is 16.2. The van der Waals surface area contributed by atoms with Gasteiger partial charge in [0.05, 0.1) is 4.90 Å². The van der Waals surface area contributed by atoms with Gasteiger partial charge in [0.15, 0.2) is 0 Å². The molecular formula is C19H21ClN6O2S. The number of rotatable bonds is 4. The quantitative estimate of drug-likeness (QED) is 0.629. The van der Waals surface area contributed by atoms with E-state index in [9.17, 15) is 8.42 Å². The lowest BCUT2D eigenvalue weighted by Gasteiger charge is -2.34. The first-order valence-electron chi connectivity index (χ1n) is 9.20. The van der Waals surface area contributed by atoms with Crippen LogP contribution in [-0.4, -0.2) is 58.4 Å². The third-order valence-corrected chi connectivity index (χ3v) is 7.36. The van der Waals surface area contributed by atoms with Crippen LogP contribution in [0.25, 0.3) is 5.82 Å². The highest BCUT2D eigenvalue weighted by Crippen LogP contribution is 2.24. The molecule has 0 saturated carbocycles. The Bertz CT molecular complexity index is 1140. The number of imidazole rings is 1. The lowest BCUT2D eigenvalue weighted by Crippen LogP contribution is -2.49. The molecule has 152 valence electrons. The molecule has 0 spiro atoms. The Labute approximate surface area is 174 Å². The fourth-order valence-corrected chi connectivity index (χ4v) is 5.00. The van der Waals surface area contributed by atoms with E-state index in [1.54, 1.807) is 18.3 Å². The monoisotopic (exact) mass is 432 g/mol. The third kappa shape index (κ3) is 3.85. The second-order valence-electron chi connectivity index (χ2n) is 6.88. The number of hydrogen-bond donors (Lipinski definition) is 0. The van der Waals surface area contributed by atoms with Crippen LogP contribution in [0.1, 0.15) is 11.4 Å². The standard InChI is InChI=1S/C19H21ClN6O2S/c1-14-3-4-16(11-17(14)20)29(27,28)25-9-7-24(8-10-25)18-12-19(23-13-22-18)26-6-5-21-15(26)2/h3-6,11-13H,7-10H2,1-2H3. The van der Waals surface area contributed by atoms with Crippen LogP contribution in [-0.2, 0) is 10.0 Å². The highest BCUT2D eigenvalue weighted by molar-refractivity contribution is 7.89. The Kier molecular flexibility index (Phi) is 5.28. The summed E-state index contributed by atoms with van der Waals surface area (Å²) in [5.74, 6) is 2.33. The molecule has 0 amide bonds. The number of aryl methyl sites for hydroxylation is 2. The van der Waals surface area contributed by atoms with Crippen LogP contribution in [0, 0.1) is 13.8 Å². The van der Waals surface area contributed by atoms with Crippen molar-refractivity contribution in [2.45, 2.75) is 18.7 Å². The van der Waals surface area contributed by atoms with E-state index in [0.29, 0.717) is 31.2 Å². The minimum absolute atomic E-state index is 0.224. The van der Waals surface area contributed by atoms with Gasteiger partial charge in [-0.05, 0) is 31.5 Å². The summed E-state index contributed by atoms with van der Waals surface area (Å²) in [6.45, 7) is 5.58. The van der Waals surface area contributed by atoms with Gasteiger partial charge in [0, 0.05) is 49.7 Å². The zero-order chi connectivity index (χ0) is 20.6. The van der Waals surface area contributed by atoms with Crippen molar-refractivity contribution in [3.63, 3.8) is 0 Å². The molecule has 1 aromatic carbocycles. The molecule has 1 aliphatic heterocycles. The summed E-state index contributed by atoms with van der Waals surface area (Å²) in [4.78, 5) is 15.2. The van der Waals surface area contributed by atoms with Gasteiger partial charge >= 0.3 is 0 Å². The van der Waals surface area contributed by atoms with Crippen molar-refractivity contribution in [1.29, 1.82) is 0 Å². The minimum atomic E-state index is -3.58. The van der Waals surface area contributed by atoms with E-state index in [1.165, 1.54) is 16.7 Å². The number of nitrogens with zero attached hydrogens (tertiary/aromatic N) is 6. The Hall–Kier alpha value is -2.49. The van der Waals surface area contributed by atoms with Gasteiger partial charge in [-0.1, -0.05) is 17.7 Å². The van der Waals surface area contributed by atoms with Gasteiger partial charge in [0.2, 0.25) is 10.0 Å². The molecule has 0 radical (unpaired) electrons. The van der Waals surface area contributed by atoms with E-state index in [2.05, 4.69) is 19.9 Å². The van der Waals surface area contributed by atoms with Crippen LogP contribution in [0.3, 0.4) is 0 Å². The van der Waals surface area contributed by atoms with E-state index in [4.69, 9.17) is 11.6 Å². The second-order valence-corrected chi connectivity index (χ2v) is 9.23. The van der Waals surface area contributed by atoms with Crippen LogP contribution in [0.15, 0.2) is 47.9 Å². The Morgan fingerprint density at radius 3 is 2.34 bits per heavy atom. The van der Waals surface area contributed by atoms with Crippen LogP contribution in [0.4, 0.5) is 5.82 Å². The van der Waals surface area contributed by atoms with E-state index in [0.717, 1.165) is 23.0 Å². The normalized spacial score (nSPS) is 15.6. The predicted molar refractivity (Wildman–Crippen MR) is 111 cm³/mol. The van der Waals surface area contributed by atoms with Gasteiger partial charge in [0.1, 0.15) is 23.8 Å². The first-order chi connectivity index (χ1) is 13.9. The maximum atomic E-state index is 13.0. The first-order valence-corrected chi connectivity index (χ1v) is 11.0. The summed E-state index contributed by atoms with van der Waals surface area (Å²) in [6, 6.07) is 6.74. The van der Waals surface area contributed by atoms with Gasteiger partial charge < -0.3 is 4.90 Å². The Morgan fingerprint density at radius 2 is 1.69 bits per heavy atom. The number of hydrogen-bond acceptors (Lipinski definition) is 6. The molecule has 0 bridgehead atoms. The molecule has 0 unspecified atom stereocenters. The molecule has 1 fully saturated rings. The van der Waals surface area contributed by atoms with Gasteiger partial charge in [-0.3, -0.25) is 4.57 Å². The van der Waals surface area contributed by atoms with Gasteiger partial charge in [-0.15, -0.1) is 0 Å². The van der Waals surface area contributed by atoms with Crippen molar-refractivity contribution in [3.05, 3.63) is 59.4 Å². The Morgan fingerprint density at radius 1 is 0.966 bits per heavy atom. The average Bonchev–Trinajstić information content (AvgIpc) is 3.16. The van der Waals surface area contributed by atoms with E-state index in [-0.39, 0.29) is 4.90 Å². The highest BCUT2D eigenvalue weighted by Gasteiger charge is 2.29. The molecule has 3 heterocycles. The van der Waals surface area contributed by atoms with Crippen LogP contribution in [0.5, 0.6) is 0 Å². The fraction of sp³-hybridized carbons (Fsp3) is 0.316. The second kappa shape index (κ2) is 7.74. The fourth-order valence-electron chi connectivity index (χ4n) is 3.30. The van der Waals surface area contributed by atoms with E-state index >= 15 is 0 Å². The molecule has 0 atom stereocenters. The number of aromatic nitrogens is 4. The van der Waals surface area contributed by atoms with Gasteiger partial charge in [-0.25, -0.2) is 23.4 Å². The van der Waals surface area contributed by atoms with Gasteiger partial charge in [-0.2, -0.15) is 4.31 Å². The zero-order valence-corrected chi connectivity index (χ0v) is 17.7. The molecule has 1 aliphatic rings. The van der Waals surface area contributed by atoms with Crippen molar-refractivity contribution < 1.29 is 8.42 Å². The molecule has 1 saturated heterocycles. The average molecular weight is 433 g/mol. The maximum Gasteiger partial charge on any atom is 0.243 e. The number of benzene rings is 1. The van der Waals surface area contributed by atoms with Crippen molar-refractivity contribution in [1.82, 2.24) is 23.8 Å². The summed E-state index contributed by atoms with van der Waals surface area (Å²) >= 11 is 6.12. The summed E-state index contributed by atoms with van der Waals surface area (Å²) in [5, 5.41) is 0.452. The highest BCUT2D eigenvalue weighted by atomic mass is 35.5. The van der Waals surface area contributed by atoms with Crippen LogP contribution >= 0.6 is 11.6 Å². The molecule has 10 heteroatoms. The Balaban J connectivity index is 1.50. The third-order valence-electron chi connectivity index (χ3n) is 5.05. The molecule has 29 heavy (non-hydrogen) atoms. The van der Waals surface area contributed by atoms with E-state index in [1.807, 2.05) is 30.7 Å². The van der Waals surface area contributed by atoms with Crippen molar-refractivity contribution >= 4 is 27.4 Å². The number of anilines is 1. The molecule has 2 aromatic heterocycles. The van der Waals surface area contributed by atoms with E-state index < -0.39 is 10.0 Å². The summed E-state index contributed by atoms with van der Waals surface area (Å²) in [7, 11) is -3.58. The summed E-state index contributed by atoms with van der Waals surface area (Å²) in [6.07, 6.45) is 5.08. The SMILES string of the molecule is Cc1ccc(S(=O)(=O)N2CCN(c3cc(-n4ccnc4C)ncn3)CC2)cc1Cl. The van der Waals surface area contributed by atoms with Crippen molar-refractivity contribution in [2.75, 3.05) is 31.1 Å².